The first-order valence-corrected chi connectivity index (χ1v) is 8.61. The molecule has 1 aromatic rings. The van der Waals surface area contributed by atoms with Crippen molar-refractivity contribution in [2.75, 3.05) is 0 Å². The van der Waals surface area contributed by atoms with E-state index in [1.165, 1.54) is 44.3 Å². The molecule has 4 aliphatic rings. The minimum atomic E-state index is 0.00715. The molecule has 116 valence electrons. The summed E-state index contributed by atoms with van der Waals surface area (Å²) in [4.78, 5) is 0. The highest BCUT2D eigenvalue weighted by Crippen LogP contribution is 2.65. The first-order valence-electron chi connectivity index (χ1n) is 8.61. The van der Waals surface area contributed by atoms with E-state index in [-0.39, 0.29) is 12.0 Å². The Labute approximate surface area is 127 Å². The number of aromatic nitrogens is 3. The molecule has 4 heteroatoms. The van der Waals surface area contributed by atoms with Crippen LogP contribution in [0.1, 0.15) is 70.4 Å². The zero-order chi connectivity index (χ0) is 14.7. The predicted molar refractivity (Wildman–Crippen MR) is 80.7 cm³/mol. The van der Waals surface area contributed by atoms with Gasteiger partial charge in [0.2, 0.25) is 0 Å². The third-order valence-corrected chi connectivity index (χ3v) is 6.24. The van der Waals surface area contributed by atoms with E-state index in [0.717, 1.165) is 30.6 Å². The number of aliphatic hydroxyl groups excluding tert-OH is 1. The zero-order valence-electron chi connectivity index (χ0n) is 13.3. The van der Waals surface area contributed by atoms with Crippen LogP contribution >= 0.6 is 0 Å². The van der Waals surface area contributed by atoms with Crippen molar-refractivity contribution in [3.05, 3.63) is 11.6 Å². The second kappa shape index (κ2) is 4.55. The van der Waals surface area contributed by atoms with Crippen molar-refractivity contribution in [2.45, 2.75) is 77.4 Å². The Morgan fingerprint density at radius 1 is 1.19 bits per heavy atom. The molecule has 4 fully saturated rings. The van der Waals surface area contributed by atoms with Crippen LogP contribution in [0.4, 0.5) is 0 Å². The van der Waals surface area contributed by atoms with Gasteiger partial charge in [0.05, 0.1) is 0 Å². The summed E-state index contributed by atoms with van der Waals surface area (Å²) in [7, 11) is 0. The smallest absolute Gasteiger partial charge is 0.158 e. The normalized spacial score (nSPS) is 40.9. The maximum atomic E-state index is 9.57. The average Bonchev–Trinajstić information content (AvgIpc) is 2.80. The van der Waals surface area contributed by atoms with Crippen LogP contribution in [0.5, 0.6) is 0 Å². The zero-order valence-corrected chi connectivity index (χ0v) is 13.3. The maximum absolute atomic E-state index is 9.57. The highest BCUT2D eigenvalue weighted by Gasteiger charge is 2.58. The SMILES string of the molecule is CCCn1c(CO)nnc1C12CC3CC(CC(C)(C3)C1)C2. The highest BCUT2D eigenvalue weighted by molar-refractivity contribution is 5.20. The molecule has 4 nitrogen and oxygen atoms in total. The van der Waals surface area contributed by atoms with E-state index >= 15 is 0 Å². The van der Waals surface area contributed by atoms with E-state index in [0.29, 0.717) is 5.41 Å². The van der Waals surface area contributed by atoms with Gasteiger partial charge in [-0.05, 0) is 62.2 Å². The lowest BCUT2D eigenvalue weighted by Gasteiger charge is -2.60. The summed E-state index contributed by atoms with van der Waals surface area (Å²) in [5, 5.41) is 18.4. The number of hydrogen-bond acceptors (Lipinski definition) is 3. The lowest BCUT2D eigenvalue weighted by atomic mass is 9.44. The minimum absolute atomic E-state index is 0.00715. The molecule has 0 aliphatic heterocycles. The predicted octanol–water partition coefficient (Wildman–Crippen LogP) is 3.04. The Balaban J connectivity index is 1.77. The van der Waals surface area contributed by atoms with Crippen LogP contribution < -0.4 is 0 Å². The fraction of sp³-hybridized carbons (Fsp3) is 0.882. The van der Waals surface area contributed by atoms with E-state index in [4.69, 9.17) is 0 Å². The summed E-state index contributed by atoms with van der Waals surface area (Å²) < 4.78 is 2.23. The summed E-state index contributed by atoms with van der Waals surface area (Å²) in [5.74, 6) is 3.72. The Hall–Kier alpha value is -0.900. The van der Waals surface area contributed by atoms with Gasteiger partial charge in [0, 0.05) is 12.0 Å². The summed E-state index contributed by atoms with van der Waals surface area (Å²) in [6, 6.07) is 0. The van der Waals surface area contributed by atoms with Crippen molar-refractivity contribution < 1.29 is 5.11 Å². The van der Waals surface area contributed by atoms with Crippen LogP contribution in [-0.2, 0) is 18.6 Å². The molecule has 1 heterocycles. The molecule has 2 atom stereocenters. The van der Waals surface area contributed by atoms with E-state index in [2.05, 4.69) is 28.6 Å². The molecular formula is C17H27N3O. The summed E-state index contributed by atoms with van der Waals surface area (Å²) in [6.45, 7) is 5.62. The molecule has 4 saturated carbocycles. The fourth-order valence-corrected chi connectivity index (χ4v) is 6.29. The van der Waals surface area contributed by atoms with Crippen molar-refractivity contribution in [1.29, 1.82) is 0 Å². The molecule has 0 aromatic carbocycles. The van der Waals surface area contributed by atoms with Crippen molar-refractivity contribution in [3.63, 3.8) is 0 Å². The lowest BCUT2D eigenvalue weighted by molar-refractivity contribution is -0.0662. The minimum Gasteiger partial charge on any atom is -0.388 e. The fourth-order valence-electron chi connectivity index (χ4n) is 6.29. The molecule has 5 rings (SSSR count). The molecule has 0 radical (unpaired) electrons. The Bertz CT molecular complexity index is 536. The number of aliphatic hydroxyl groups is 1. The van der Waals surface area contributed by atoms with E-state index in [9.17, 15) is 5.11 Å². The lowest BCUT2D eigenvalue weighted by Crippen LogP contribution is -2.53. The summed E-state index contributed by atoms with van der Waals surface area (Å²) >= 11 is 0. The Kier molecular flexibility index (Phi) is 2.97. The molecule has 1 aromatic heterocycles. The van der Waals surface area contributed by atoms with Crippen molar-refractivity contribution >= 4 is 0 Å². The molecule has 0 amide bonds. The number of hydrogen-bond donors (Lipinski definition) is 1. The summed E-state index contributed by atoms with van der Waals surface area (Å²) in [5.41, 5.74) is 0.765. The first kappa shape index (κ1) is 13.7. The molecule has 4 bridgehead atoms. The van der Waals surface area contributed by atoms with E-state index in [1.807, 2.05) is 0 Å². The van der Waals surface area contributed by atoms with Crippen molar-refractivity contribution in [1.82, 2.24) is 14.8 Å². The number of rotatable bonds is 4. The van der Waals surface area contributed by atoms with Crippen LogP contribution in [0.15, 0.2) is 0 Å². The maximum Gasteiger partial charge on any atom is 0.158 e. The van der Waals surface area contributed by atoms with Gasteiger partial charge in [-0.1, -0.05) is 13.8 Å². The van der Waals surface area contributed by atoms with Gasteiger partial charge in [-0.15, -0.1) is 10.2 Å². The van der Waals surface area contributed by atoms with Gasteiger partial charge in [0.1, 0.15) is 12.4 Å². The molecule has 4 aliphatic carbocycles. The van der Waals surface area contributed by atoms with Gasteiger partial charge in [0.15, 0.2) is 5.82 Å². The van der Waals surface area contributed by atoms with E-state index in [1.54, 1.807) is 0 Å². The highest BCUT2D eigenvalue weighted by atomic mass is 16.3. The van der Waals surface area contributed by atoms with Crippen molar-refractivity contribution in [2.24, 2.45) is 17.3 Å². The molecule has 0 spiro atoms. The third-order valence-electron chi connectivity index (χ3n) is 6.24. The molecular weight excluding hydrogens is 262 g/mol. The number of nitrogens with zero attached hydrogens (tertiary/aromatic N) is 3. The van der Waals surface area contributed by atoms with Crippen LogP contribution in [0.2, 0.25) is 0 Å². The van der Waals surface area contributed by atoms with Crippen LogP contribution in [0.25, 0.3) is 0 Å². The molecule has 21 heavy (non-hydrogen) atoms. The van der Waals surface area contributed by atoms with E-state index < -0.39 is 0 Å². The summed E-state index contributed by atoms with van der Waals surface area (Å²) in [6.07, 6.45) is 9.21. The largest absolute Gasteiger partial charge is 0.388 e. The first-order chi connectivity index (χ1) is 10.1. The Morgan fingerprint density at radius 3 is 2.48 bits per heavy atom. The van der Waals surface area contributed by atoms with Gasteiger partial charge in [0.25, 0.3) is 0 Å². The monoisotopic (exact) mass is 289 g/mol. The quantitative estimate of drug-likeness (QED) is 0.927. The third kappa shape index (κ3) is 1.98. The standard InChI is InChI=1S/C17H27N3O/c1-3-4-20-14(10-21)18-19-15(20)17-8-12-5-13(9-17)7-16(2,6-12)11-17/h12-13,21H,3-11H2,1-2H3. The van der Waals surface area contributed by atoms with Crippen LogP contribution in [0.3, 0.4) is 0 Å². The average molecular weight is 289 g/mol. The van der Waals surface area contributed by atoms with Gasteiger partial charge >= 0.3 is 0 Å². The molecule has 1 N–H and O–H groups in total. The second-order valence-electron chi connectivity index (χ2n) is 8.30. The topological polar surface area (TPSA) is 50.9 Å². The van der Waals surface area contributed by atoms with Crippen LogP contribution in [0, 0.1) is 17.3 Å². The Morgan fingerprint density at radius 2 is 1.90 bits per heavy atom. The second-order valence-corrected chi connectivity index (χ2v) is 8.30. The van der Waals surface area contributed by atoms with Crippen LogP contribution in [-0.4, -0.2) is 19.9 Å². The van der Waals surface area contributed by atoms with Crippen molar-refractivity contribution in [3.8, 4) is 0 Å². The van der Waals surface area contributed by atoms with Gasteiger partial charge in [-0.25, -0.2) is 0 Å². The van der Waals surface area contributed by atoms with Gasteiger partial charge in [-0.2, -0.15) is 0 Å². The molecule has 0 saturated heterocycles. The van der Waals surface area contributed by atoms with Gasteiger partial charge < -0.3 is 9.67 Å². The molecule has 2 unspecified atom stereocenters. The van der Waals surface area contributed by atoms with Gasteiger partial charge in [-0.3, -0.25) is 0 Å².